The van der Waals surface area contributed by atoms with E-state index in [2.05, 4.69) is 20.5 Å². The van der Waals surface area contributed by atoms with Crippen LogP contribution in [-0.4, -0.2) is 69.3 Å². The van der Waals surface area contributed by atoms with Gasteiger partial charge in [0.15, 0.2) is 5.96 Å². The molecule has 1 aliphatic heterocycles. The molecule has 32 heavy (non-hydrogen) atoms. The van der Waals surface area contributed by atoms with Crippen LogP contribution in [0.25, 0.3) is 0 Å². The Hall–Kier alpha value is -1.98. The first kappa shape index (κ1) is 26.3. The molecule has 0 bridgehead atoms. The number of nitrogens with one attached hydrogen (secondary N) is 2. The Morgan fingerprint density at radius 1 is 1.16 bits per heavy atom. The molecule has 1 unspecified atom stereocenters. The molecule has 7 nitrogen and oxygen atoms in total. The van der Waals surface area contributed by atoms with Gasteiger partial charge in [0.25, 0.3) is 0 Å². The summed E-state index contributed by atoms with van der Waals surface area (Å²) >= 11 is 0. The van der Waals surface area contributed by atoms with E-state index in [4.69, 9.17) is 9.73 Å². The van der Waals surface area contributed by atoms with Crippen LogP contribution < -0.4 is 15.5 Å². The van der Waals surface area contributed by atoms with Crippen molar-refractivity contribution in [3.05, 3.63) is 59.5 Å². The van der Waals surface area contributed by atoms with Gasteiger partial charge in [-0.25, -0.2) is 14.4 Å². The van der Waals surface area contributed by atoms with E-state index in [0.29, 0.717) is 26.3 Å². The maximum absolute atomic E-state index is 13.5. The highest BCUT2D eigenvalue weighted by Gasteiger charge is 2.23. The first-order valence-electron chi connectivity index (χ1n) is 10.8. The molecule has 1 saturated heterocycles. The molecule has 1 atom stereocenters. The second-order valence-corrected chi connectivity index (χ2v) is 7.67. The number of morpholine rings is 1. The summed E-state index contributed by atoms with van der Waals surface area (Å²) in [4.78, 5) is 13.7. The molecule has 1 aromatic carbocycles. The minimum absolute atomic E-state index is 0. The van der Waals surface area contributed by atoms with Gasteiger partial charge in [-0.15, -0.1) is 24.0 Å². The van der Waals surface area contributed by atoms with Gasteiger partial charge in [0.05, 0.1) is 31.5 Å². The van der Waals surface area contributed by atoms with E-state index in [1.807, 2.05) is 56.3 Å². The standard InChI is InChI=1S/C23H33FN6O.HI/c1-4-25-23(26-16-20-6-5-7-22(28-20)29(2)3)27-17-21(30-12-14-31-15-13-30)18-8-10-19(24)11-9-18;/h5-11,21H,4,12-17H2,1-3H3,(H2,25,26,27);1H. The molecular formula is C23H34FIN6O. The molecule has 2 N–H and O–H groups in total. The number of aliphatic imine (C=N–C) groups is 1. The first-order valence-corrected chi connectivity index (χ1v) is 10.8. The minimum atomic E-state index is -0.222. The summed E-state index contributed by atoms with van der Waals surface area (Å²) in [5.41, 5.74) is 1.98. The minimum Gasteiger partial charge on any atom is -0.379 e. The molecule has 3 rings (SSSR count). The lowest BCUT2D eigenvalue weighted by molar-refractivity contribution is 0.0170. The number of guanidine groups is 1. The SMILES string of the molecule is CCNC(=NCc1cccc(N(C)C)n1)NCC(c1ccc(F)cc1)N1CCOCC1.I. The molecule has 1 aliphatic rings. The summed E-state index contributed by atoms with van der Waals surface area (Å²) in [6, 6.07) is 12.8. The van der Waals surface area contributed by atoms with Crippen LogP contribution >= 0.6 is 24.0 Å². The first-order chi connectivity index (χ1) is 15.1. The lowest BCUT2D eigenvalue weighted by Gasteiger charge is -2.35. The number of hydrogen-bond donors (Lipinski definition) is 2. The zero-order chi connectivity index (χ0) is 22.1. The summed E-state index contributed by atoms with van der Waals surface area (Å²) in [7, 11) is 3.95. The van der Waals surface area contributed by atoms with Crippen molar-refractivity contribution in [2.24, 2.45) is 4.99 Å². The fraction of sp³-hybridized carbons (Fsp3) is 0.478. The summed E-state index contributed by atoms with van der Waals surface area (Å²) < 4.78 is 19.0. The monoisotopic (exact) mass is 556 g/mol. The van der Waals surface area contributed by atoms with Gasteiger partial charge in [-0.1, -0.05) is 18.2 Å². The van der Waals surface area contributed by atoms with Gasteiger partial charge < -0.3 is 20.3 Å². The Morgan fingerprint density at radius 3 is 2.53 bits per heavy atom. The summed E-state index contributed by atoms with van der Waals surface area (Å²) in [5, 5.41) is 6.77. The van der Waals surface area contributed by atoms with Gasteiger partial charge in [-0.05, 0) is 36.8 Å². The number of ether oxygens (including phenoxy) is 1. The van der Waals surface area contributed by atoms with E-state index in [0.717, 1.165) is 42.7 Å². The van der Waals surface area contributed by atoms with Gasteiger partial charge in [-0.2, -0.15) is 0 Å². The number of rotatable bonds is 8. The summed E-state index contributed by atoms with van der Waals surface area (Å²) in [5.74, 6) is 1.43. The Balaban J connectivity index is 0.00000363. The third-order valence-corrected chi connectivity index (χ3v) is 5.20. The van der Waals surface area contributed by atoms with Crippen molar-refractivity contribution in [3.63, 3.8) is 0 Å². The fourth-order valence-electron chi connectivity index (χ4n) is 3.53. The molecule has 1 fully saturated rings. The largest absolute Gasteiger partial charge is 0.379 e. The van der Waals surface area contributed by atoms with Crippen LogP contribution in [-0.2, 0) is 11.3 Å². The lowest BCUT2D eigenvalue weighted by atomic mass is 10.0. The zero-order valence-corrected chi connectivity index (χ0v) is 21.4. The molecule has 0 radical (unpaired) electrons. The molecule has 2 heterocycles. The van der Waals surface area contributed by atoms with Crippen molar-refractivity contribution in [2.45, 2.75) is 19.5 Å². The molecule has 0 spiro atoms. The van der Waals surface area contributed by atoms with E-state index in [1.54, 1.807) is 0 Å². The van der Waals surface area contributed by atoms with Crippen molar-refractivity contribution in [1.82, 2.24) is 20.5 Å². The number of nitrogens with zero attached hydrogens (tertiary/aromatic N) is 4. The Kier molecular flexibility index (Phi) is 11.1. The van der Waals surface area contributed by atoms with Crippen molar-refractivity contribution in [1.29, 1.82) is 0 Å². The molecule has 176 valence electrons. The van der Waals surface area contributed by atoms with E-state index in [9.17, 15) is 4.39 Å². The van der Waals surface area contributed by atoms with Gasteiger partial charge in [0, 0.05) is 40.3 Å². The molecule has 9 heteroatoms. The van der Waals surface area contributed by atoms with Crippen LogP contribution in [0.2, 0.25) is 0 Å². The number of anilines is 1. The maximum atomic E-state index is 13.5. The lowest BCUT2D eigenvalue weighted by Crippen LogP contribution is -2.46. The van der Waals surface area contributed by atoms with Gasteiger partial charge in [-0.3, -0.25) is 4.90 Å². The number of hydrogen-bond acceptors (Lipinski definition) is 5. The molecule has 0 aliphatic carbocycles. The number of pyridine rings is 1. The fourth-order valence-corrected chi connectivity index (χ4v) is 3.53. The Bertz CT molecular complexity index is 843. The quantitative estimate of drug-likeness (QED) is 0.296. The van der Waals surface area contributed by atoms with Crippen molar-refractivity contribution in [2.75, 3.05) is 58.4 Å². The van der Waals surface area contributed by atoms with Gasteiger partial charge in [0.2, 0.25) is 0 Å². The second kappa shape index (κ2) is 13.5. The summed E-state index contributed by atoms with van der Waals surface area (Å²) in [6.45, 7) is 7.05. The van der Waals surface area contributed by atoms with Gasteiger partial charge >= 0.3 is 0 Å². The van der Waals surface area contributed by atoms with E-state index >= 15 is 0 Å². The van der Waals surface area contributed by atoms with Crippen LogP contribution in [0.1, 0.15) is 24.2 Å². The Labute approximate surface area is 207 Å². The van der Waals surface area contributed by atoms with Crippen molar-refractivity contribution < 1.29 is 9.13 Å². The highest BCUT2D eigenvalue weighted by molar-refractivity contribution is 14.0. The second-order valence-electron chi connectivity index (χ2n) is 7.67. The van der Waals surface area contributed by atoms with E-state index in [1.165, 1.54) is 12.1 Å². The van der Waals surface area contributed by atoms with Crippen LogP contribution in [0, 0.1) is 5.82 Å². The molecule has 0 saturated carbocycles. The van der Waals surface area contributed by atoms with Gasteiger partial charge in [0.1, 0.15) is 11.6 Å². The average molecular weight is 556 g/mol. The smallest absolute Gasteiger partial charge is 0.191 e. The van der Waals surface area contributed by atoms with Crippen LogP contribution in [0.5, 0.6) is 0 Å². The third kappa shape index (κ3) is 7.86. The van der Waals surface area contributed by atoms with Crippen molar-refractivity contribution >= 4 is 35.8 Å². The number of aromatic nitrogens is 1. The van der Waals surface area contributed by atoms with Crippen molar-refractivity contribution in [3.8, 4) is 0 Å². The predicted octanol–water partition coefficient (Wildman–Crippen LogP) is 3.03. The predicted molar refractivity (Wildman–Crippen MR) is 138 cm³/mol. The normalized spacial score (nSPS) is 15.6. The van der Waals surface area contributed by atoms with E-state index < -0.39 is 0 Å². The molecule has 0 amide bonds. The highest BCUT2D eigenvalue weighted by atomic mass is 127. The zero-order valence-electron chi connectivity index (χ0n) is 19.1. The molecule has 2 aromatic rings. The average Bonchev–Trinajstić information content (AvgIpc) is 2.79. The Morgan fingerprint density at radius 2 is 1.88 bits per heavy atom. The number of benzene rings is 1. The highest BCUT2D eigenvalue weighted by Crippen LogP contribution is 2.21. The van der Waals surface area contributed by atoms with Crippen LogP contribution in [0.15, 0.2) is 47.5 Å². The third-order valence-electron chi connectivity index (χ3n) is 5.20. The molecule has 1 aromatic heterocycles. The number of halogens is 2. The van der Waals surface area contributed by atoms with Crippen LogP contribution in [0.3, 0.4) is 0 Å². The molecular weight excluding hydrogens is 522 g/mol. The summed E-state index contributed by atoms with van der Waals surface area (Å²) in [6.07, 6.45) is 0. The van der Waals surface area contributed by atoms with Crippen LogP contribution in [0.4, 0.5) is 10.2 Å². The topological polar surface area (TPSA) is 65.0 Å². The van der Waals surface area contributed by atoms with E-state index in [-0.39, 0.29) is 35.8 Å². The maximum Gasteiger partial charge on any atom is 0.191 e.